The van der Waals surface area contributed by atoms with Crippen LogP contribution in [-0.2, 0) is 45.7 Å². The number of fused-ring (bicyclic) bond motifs is 3. The smallest absolute Gasteiger partial charge is 0.355 e. The molecule has 4 aromatic carbocycles. The summed E-state index contributed by atoms with van der Waals surface area (Å²) >= 11 is 7.22. The van der Waals surface area contributed by atoms with E-state index in [0.717, 1.165) is 49.8 Å². The second kappa shape index (κ2) is 24.0. The van der Waals surface area contributed by atoms with Gasteiger partial charge in [0.25, 0.3) is 5.91 Å². The number of esters is 1. The number of hydrogen-bond donors (Lipinski definition) is 2. The van der Waals surface area contributed by atoms with E-state index in [-0.39, 0.29) is 36.6 Å². The van der Waals surface area contributed by atoms with Gasteiger partial charge in [-0.1, -0.05) is 49.7 Å². The van der Waals surface area contributed by atoms with Crippen LogP contribution in [0.3, 0.4) is 0 Å². The lowest BCUT2D eigenvalue weighted by molar-refractivity contribution is -0.133. The summed E-state index contributed by atoms with van der Waals surface area (Å²) in [6.45, 7) is 20.6. The summed E-state index contributed by atoms with van der Waals surface area (Å²) in [5, 5.41) is 12.7. The zero-order valence-electron chi connectivity index (χ0n) is 44.7. The number of piperazine rings is 1. The van der Waals surface area contributed by atoms with Gasteiger partial charge in [-0.2, -0.15) is 5.10 Å². The molecule has 18 heteroatoms. The lowest BCUT2D eigenvalue weighted by atomic mass is 9.98. The standard InChI is InChI=1S/C55H63ClFN9O7.C2H6/c1-33(17-22-46(68)58-32-67)59-53(70)42-13-10-15-44-50(42)60-36(4)66(44)31-47(69)64-26-23-63(24-27-64)25-28-65-51-41(20-21-43(56)49(51)48-34(2)61-62(8)35(48)3)40(52(65)54(71)73-55(5,6)7)14-11-29-72-45-16-9-12-37-30-38(57)18-19-39(37)45;1-2/h9-10,12-13,15-16,18-21,30,32-33H,11,14,17,22-29,31H2,1-8H3,(H,59,70)(H,58,67,68);1-2H3. The van der Waals surface area contributed by atoms with Gasteiger partial charge in [-0.3, -0.25) is 34.1 Å². The molecule has 3 aromatic heterocycles. The van der Waals surface area contributed by atoms with Crippen molar-refractivity contribution < 1.29 is 37.8 Å². The molecule has 7 aromatic rings. The second-order valence-electron chi connectivity index (χ2n) is 19.8. The van der Waals surface area contributed by atoms with Crippen LogP contribution in [0.15, 0.2) is 66.7 Å². The number of hydrogen-bond acceptors (Lipinski definition) is 10. The zero-order chi connectivity index (χ0) is 54.3. The molecule has 16 nitrogen and oxygen atoms in total. The number of aryl methyl sites for hydroxylation is 4. The van der Waals surface area contributed by atoms with Gasteiger partial charge in [0.15, 0.2) is 0 Å². The first-order chi connectivity index (χ1) is 35.8. The van der Waals surface area contributed by atoms with Crippen molar-refractivity contribution in [1.82, 2.24) is 44.3 Å². The molecular weight excluding hydrogens is 977 g/mol. The molecule has 0 saturated carbocycles. The summed E-state index contributed by atoms with van der Waals surface area (Å²) in [7, 11) is 1.90. The number of amides is 4. The average Bonchev–Trinajstić information content (AvgIpc) is 3.96. The highest BCUT2D eigenvalue weighted by Crippen LogP contribution is 2.42. The Balaban J connectivity index is 0.00000405. The van der Waals surface area contributed by atoms with Crippen molar-refractivity contribution in [2.24, 2.45) is 7.05 Å². The molecule has 0 radical (unpaired) electrons. The Hall–Kier alpha value is -7.11. The topological polar surface area (TPSA) is 175 Å². The van der Waals surface area contributed by atoms with E-state index in [1.54, 1.807) is 25.1 Å². The lowest BCUT2D eigenvalue weighted by Crippen LogP contribution is -2.50. The van der Waals surface area contributed by atoms with Gasteiger partial charge in [-0.25, -0.2) is 14.2 Å². The van der Waals surface area contributed by atoms with Gasteiger partial charge in [0, 0.05) is 86.4 Å². The first-order valence-electron chi connectivity index (χ1n) is 25.7. The van der Waals surface area contributed by atoms with Gasteiger partial charge < -0.3 is 28.8 Å². The summed E-state index contributed by atoms with van der Waals surface area (Å²) in [6, 6.07) is 19.0. The minimum atomic E-state index is -0.787. The van der Waals surface area contributed by atoms with E-state index in [1.165, 1.54) is 12.1 Å². The summed E-state index contributed by atoms with van der Waals surface area (Å²) in [6.07, 6.45) is 1.79. The maximum absolute atomic E-state index is 14.7. The van der Waals surface area contributed by atoms with Crippen molar-refractivity contribution in [3.63, 3.8) is 0 Å². The van der Waals surface area contributed by atoms with E-state index in [2.05, 4.69) is 20.1 Å². The zero-order valence-corrected chi connectivity index (χ0v) is 45.5. The van der Waals surface area contributed by atoms with Crippen LogP contribution >= 0.6 is 11.6 Å². The highest BCUT2D eigenvalue weighted by Gasteiger charge is 2.32. The van der Waals surface area contributed by atoms with Crippen molar-refractivity contribution in [2.75, 3.05) is 39.3 Å². The van der Waals surface area contributed by atoms with Crippen molar-refractivity contribution in [3.05, 3.63) is 112 Å². The monoisotopic (exact) mass is 1050 g/mol. The van der Waals surface area contributed by atoms with Crippen molar-refractivity contribution in [3.8, 4) is 16.9 Å². The third-order valence-electron chi connectivity index (χ3n) is 13.5. The van der Waals surface area contributed by atoms with Crippen LogP contribution in [0.1, 0.15) is 104 Å². The number of carbonyl (C=O) groups excluding carboxylic acids is 5. The number of nitrogens with zero attached hydrogens (tertiary/aromatic N) is 7. The maximum atomic E-state index is 14.7. The fourth-order valence-corrected chi connectivity index (χ4v) is 10.1. The molecule has 0 bridgehead atoms. The Morgan fingerprint density at radius 3 is 2.32 bits per heavy atom. The highest BCUT2D eigenvalue weighted by molar-refractivity contribution is 6.35. The average molecular weight is 1050 g/mol. The number of halogens is 2. The van der Waals surface area contributed by atoms with Crippen LogP contribution in [0.4, 0.5) is 4.39 Å². The molecule has 0 spiro atoms. The lowest BCUT2D eigenvalue weighted by Gasteiger charge is -2.35. The number of carbonyl (C=O) groups is 5. The molecule has 75 heavy (non-hydrogen) atoms. The number of imide groups is 1. The van der Waals surface area contributed by atoms with Crippen LogP contribution in [0, 0.1) is 26.6 Å². The molecule has 1 aliphatic heterocycles. The van der Waals surface area contributed by atoms with Gasteiger partial charge in [0.1, 0.15) is 40.7 Å². The fraction of sp³-hybridized carbons (Fsp3) is 0.421. The van der Waals surface area contributed by atoms with Crippen molar-refractivity contribution in [2.45, 2.75) is 113 Å². The van der Waals surface area contributed by atoms with E-state index in [0.29, 0.717) is 110 Å². The Kier molecular flexibility index (Phi) is 17.8. The van der Waals surface area contributed by atoms with Crippen LogP contribution in [0.25, 0.3) is 43.8 Å². The van der Waals surface area contributed by atoms with E-state index in [4.69, 9.17) is 31.2 Å². The number of imidazole rings is 1. The third-order valence-corrected chi connectivity index (χ3v) is 13.8. The van der Waals surface area contributed by atoms with E-state index < -0.39 is 17.5 Å². The molecule has 1 aliphatic rings. The molecule has 1 unspecified atom stereocenters. The quantitative estimate of drug-likeness (QED) is 0.0479. The SMILES string of the molecule is CC.Cc1nn(C)c(C)c1-c1c(Cl)ccc2c(CCCOc3cccc4cc(F)ccc34)c(C(=O)OC(C)(C)C)n(CCN3CCN(C(=O)Cn4c(C)nc5c(C(=O)NC(C)CCC(=O)NC=O)cccc54)CC3)c12. The first kappa shape index (κ1) is 55.6. The largest absolute Gasteiger partial charge is 0.493 e. The van der Waals surface area contributed by atoms with E-state index >= 15 is 0 Å². The van der Waals surface area contributed by atoms with Gasteiger partial charge in [-0.05, 0) is 121 Å². The van der Waals surface area contributed by atoms with Gasteiger partial charge in [-0.15, -0.1) is 0 Å². The van der Waals surface area contributed by atoms with Gasteiger partial charge in [0.2, 0.25) is 18.2 Å². The normalized spacial score (nSPS) is 13.4. The number of nitrogens with one attached hydrogen (secondary N) is 2. The summed E-state index contributed by atoms with van der Waals surface area (Å²) < 4.78 is 32.3. The molecule has 4 amide bonds. The molecule has 398 valence electrons. The Bertz CT molecular complexity index is 3250. The molecule has 0 aliphatic carbocycles. The minimum Gasteiger partial charge on any atom is -0.493 e. The van der Waals surface area contributed by atoms with Crippen molar-refractivity contribution >= 4 is 74.4 Å². The van der Waals surface area contributed by atoms with Gasteiger partial charge in [0.05, 0.1) is 33.9 Å². The van der Waals surface area contributed by atoms with E-state index in [1.807, 2.05) is 113 Å². The third kappa shape index (κ3) is 12.5. The molecule has 1 fully saturated rings. The number of benzene rings is 4. The highest BCUT2D eigenvalue weighted by atomic mass is 35.5. The molecule has 1 saturated heterocycles. The molecule has 2 N–H and O–H groups in total. The summed E-state index contributed by atoms with van der Waals surface area (Å²) in [4.78, 5) is 73.3. The number of rotatable bonds is 18. The molecule has 8 rings (SSSR count). The maximum Gasteiger partial charge on any atom is 0.355 e. The fourth-order valence-electron chi connectivity index (χ4n) is 9.89. The predicted molar refractivity (Wildman–Crippen MR) is 291 cm³/mol. The van der Waals surface area contributed by atoms with Gasteiger partial charge >= 0.3 is 5.97 Å². The van der Waals surface area contributed by atoms with Crippen LogP contribution in [-0.4, -0.2) is 115 Å². The molecule has 4 heterocycles. The van der Waals surface area contributed by atoms with Crippen LogP contribution in [0.5, 0.6) is 5.75 Å². The predicted octanol–water partition coefficient (Wildman–Crippen LogP) is 9.27. The Morgan fingerprint density at radius 1 is 0.907 bits per heavy atom. The summed E-state index contributed by atoms with van der Waals surface area (Å²) in [5.41, 5.74) is 6.18. The first-order valence-corrected chi connectivity index (χ1v) is 26.1. The van der Waals surface area contributed by atoms with Crippen LogP contribution < -0.4 is 15.4 Å². The molecule has 1 atom stereocenters. The van der Waals surface area contributed by atoms with Crippen molar-refractivity contribution in [1.29, 1.82) is 0 Å². The Morgan fingerprint density at radius 2 is 1.63 bits per heavy atom. The number of ether oxygens (including phenoxy) is 2. The van der Waals surface area contributed by atoms with Crippen LogP contribution in [0.2, 0.25) is 5.02 Å². The summed E-state index contributed by atoms with van der Waals surface area (Å²) in [5.74, 6) is -0.379. The number of aromatic nitrogens is 5. The molecular formula is C57H69ClFN9O7. The minimum absolute atomic E-state index is 0.0384. The second-order valence-corrected chi connectivity index (χ2v) is 20.2. The van der Waals surface area contributed by atoms with E-state index in [9.17, 15) is 28.4 Å². The number of para-hydroxylation sites is 1. The Labute approximate surface area is 442 Å².